The Morgan fingerprint density at radius 2 is 1.70 bits per heavy atom. The van der Waals surface area contributed by atoms with Crippen LogP contribution in [0.1, 0.15) is 22.3 Å². The first-order valence-electron chi connectivity index (χ1n) is 11.5. The molecule has 0 fully saturated rings. The van der Waals surface area contributed by atoms with Gasteiger partial charge in [0.15, 0.2) is 18.1 Å². The molecule has 37 heavy (non-hydrogen) atoms. The van der Waals surface area contributed by atoms with Gasteiger partial charge in [-0.2, -0.15) is 5.10 Å². The van der Waals surface area contributed by atoms with Crippen LogP contribution in [-0.4, -0.2) is 37.3 Å². The van der Waals surface area contributed by atoms with Crippen molar-refractivity contribution < 1.29 is 28.6 Å². The second-order valence-electron chi connectivity index (χ2n) is 8.32. The Balaban J connectivity index is 1.26. The van der Waals surface area contributed by atoms with Crippen LogP contribution in [0, 0.1) is 13.8 Å². The third-order valence-electron chi connectivity index (χ3n) is 5.25. The van der Waals surface area contributed by atoms with Crippen LogP contribution in [0.2, 0.25) is 0 Å². The van der Waals surface area contributed by atoms with E-state index in [4.69, 9.17) is 14.2 Å². The number of hydrogen-bond acceptors (Lipinski definition) is 7. The Kier molecular flexibility index (Phi) is 7.99. The highest BCUT2D eigenvalue weighted by atomic mass is 16.7. The Morgan fingerprint density at radius 1 is 0.946 bits per heavy atom. The van der Waals surface area contributed by atoms with Crippen molar-refractivity contribution in [3.8, 4) is 17.2 Å². The van der Waals surface area contributed by atoms with Crippen molar-refractivity contribution in [1.29, 1.82) is 0 Å². The lowest BCUT2D eigenvalue weighted by atomic mass is 10.1. The molecule has 0 atom stereocenters. The van der Waals surface area contributed by atoms with E-state index in [9.17, 15) is 14.4 Å². The molecule has 0 aromatic heterocycles. The maximum absolute atomic E-state index is 12.3. The van der Waals surface area contributed by atoms with Crippen molar-refractivity contribution in [2.75, 3.05) is 18.7 Å². The van der Waals surface area contributed by atoms with Gasteiger partial charge >= 0.3 is 11.8 Å². The first-order valence-corrected chi connectivity index (χ1v) is 11.5. The van der Waals surface area contributed by atoms with Crippen molar-refractivity contribution in [1.82, 2.24) is 10.7 Å². The second kappa shape index (κ2) is 11.7. The Bertz CT molecular complexity index is 1330. The molecule has 3 amide bonds. The number of benzene rings is 3. The second-order valence-corrected chi connectivity index (χ2v) is 8.32. The van der Waals surface area contributed by atoms with Gasteiger partial charge in [-0.05, 0) is 66.9 Å². The summed E-state index contributed by atoms with van der Waals surface area (Å²) < 4.78 is 16.2. The number of ether oxygens (including phenoxy) is 3. The predicted octanol–water partition coefficient (Wildman–Crippen LogP) is 2.82. The lowest BCUT2D eigenvalue weighted by Gasteiger charge is -2.10. The van der Waals surface area contributed by atoms with Gasteiger partial charge in [0.2, 0.25) is 6.79 Å². The Labute approximate surface area is 213 Å². The average molecular weight is 503 g/mol. The smallest absolute Gasteiger partial charge is 0.329 e. The predicted molar refractivity (Wildman–Crippen MR) is 137 cm³/mol. The van der Waals surface area contributed by atoms with Crippen molar-refractivity contribution in [3.63, 3.8) is 0 Å². The van der Waals surface area contributed by atoms with Crippen molar-refractivity contribution >= 4 is 29.6 Å². The fourth-order valence-corrected chi connectivity index (χ4v) is 3.63. The summed E-state index contributed by atoms with van der Waals surface area (Å²) in [6, 6.07) is 17.9. The van der Waals surface area contributed by atoms with Gasteiger partial charge in [0.25, 0.3) is 5.91 Å². The van der Waals surface area contributed by atoms with Crippen LogP contribution in [0.25, 0.3) is 0 Å². The van der Waals surface area contributed by atoms with Crippen LogP contribution in [0.15, 0.2) is 65.8 Å². The van der Waals surface area contributed by atoms with E-state index in [1.54, 1.807) is 42.5 Å². The summed E-state index contributed by atoms with van der Waals surface area (Å²) in [7, 11) is 0. The molecule has 1 heterocycles. The molecule has 0 bridgehead atoms. The van der Waals surface area contributed by atoms with E-state index >= 15 is 0 Å². The molecule has 3 aromatic carbocycles. The number of aryl methyl sites for hydroxylation is 2. The molecule has 0 spiro atoms. The van der Waals surface area contributed by atoms with E-state index < -0.39 is 11.8 Å². The number of nitrogens with zero attached hydrogens (tertiary/aromatic N) is 1. The lowest BCUT2D eigenvalue weighted by molar-refractivity contribution is -0.139. The summed E-state index contributed by atoms with van der Waals surface area (Å²) in [5, 5.41) is 9.16. The summed E-state index contributed by atoms with van der Waals surface area (Å²) >= 11 is 0. The largest absolute Gasteiger partial charge is 0.483 e. The molecular weight excluding hydrogens is 476 g/mol. The normalized spacial score (nSPS) is 11.7. The topological polar surface area (TPSA) is 127 Å². The minimum atomic E-state index is -0.928. The molecule has 1 aliphatic heterocycles. The van der Waals surface area contributed by atoms with Crippen LogP contribution in [-0.2, 0) is 20.9 Å². The molecule has 0 aliphatic carbocycles. The van der Waals surface area contributed by atoms with E-state index in [2.05, 4.69) is 21.2 Å². The van der Waals surface area contributed by atoms with E-state index in [0.29, 0.717) is 28.5 Å². The first-order chi connectivity index (χ1) is 17.9. The number of para-hydroxylation sites is 1. The number of nitrogens with one attached hydrogen (secondary N) is 3. The molecule has 10 heteroatoms. The number of rotatable bonds is 8. The third kappa shape index (κ3) is 7.07. The summed E-state index contributed by atoms with van der Waals surface area (Å²) in [5.41, 5.74) is 6.23. The molecule has 0 unspecified atom stereocenters. The molecule has 10 nitrogen and oxygen atoms in total. The van der Waals surface area contributed by atoms with Crippen LogP contribution in [0.3, 0.4) is 0 Å². The highest BCUT2D eigenvalue weighted by Gasteiger charge is 2.16. The molecule has 190 valence electrons. The van der Waals surface area contributed by atoms with E-state index in [0.717, 1.165) is 16.7 Å². The number of amides is 3. The lowest BCUT2D eigenvalue weighted by Crippen LogP contribution is -2.37. The van der Waals surface area contributed by atoms with Gasteiger partial charge in [-0.3, -0.25) is 14.4 Å². The fourth-order valence-electron chi connectivity index (χ4n) is 3.63. The van der Waals surface area contributed by atoms with Crippen molar-refractivity contribution in [2.45, 2.75) is 20.4 Å². The Morgan fingerprint density at radius 3 is 2.51 bits per heavy atom. The zero-order chi connectivity index (χ0) is 26.2. The minimum absolute atomic E-state index is 0.132. The maximum atomic E-state index is 12.3. The molecule has 1 aliphatic rings. The highest BCUT2D eigenvalue weighted by Crippen LogP contribution is 2.32. The summed E-state index contributed by atoms with van der Waals surface area (Å²) in [4.78, 5) is 36.5. The average Bonchev–Trinajstić information content (AvgIpc) is 3.34. The standard InChI is InChI=1S/C27H26N4O6/c1-17-9-18(2)11-21(10-17)30-25(32)15-35-22-6-4-3-5-20(22)14-29-31-27(34)26(33)28-13-19-7-8-23-24(12-19)37-16-36-23/h3-12,14H,13,15-16H2,1-2H3,(H,28,33)(H,30,32)(H,31,34)/b29-14-. The third-order valence-corrected chi connectivity index (χ3v) is 5.25. The zero-order valence-corrected chi connectivity index (χ0v) is 20.4. The van der Waals surface area contributed by atoms with Gasteiger partial charge in [-0.25, -0.2) is 5.43 Å². The van der Waals surface area contributed by atoms with Crippen molar-refractivity contribution in [2.24, 2.45) is 5.10 Å². The van der Waals surface area contributed by atoms with E-state index in [-0.39, 0.29) is 25.9 Å². The molecule has 4 rings (SSSR count). The summed E-state index contributed by atoms with van der Waals surface area (Å²) in [5.74, 6) is -0.476. The van der Waals surface area contributed by atoms with Gasteiger partial charge < -0.3 is 24.8 Å². The van der Waals surface area contributed by atoms with Gasteiger partial charge in [0.1, 0.15) is 5.75 Å². The fraction of sp³-hybridized carbons (Fsp3) is 0.185. The number of anilines is 1. The van der Waals surface area contributed by atoms with Crippen LogP contribution >= 0.6 is 0 Å². The molecule has 0 radical (unpaired) electrons. The zero-order valence-electron chi connectivity index (χ0n) is 20.4. The minimum Gasteiger partial charge on any atom is -0.483 e. The van der Waals surface area contributed by atoms with Crippen LogP contribution in [0.4, 0.5) is 5.69 Å². The summed E-state index contributed by atoms with van der Waals surface area (Å²) in [6.07, 6.45) is 1.33. The summed E-state index contributed by atoms with van der Waals surface area (Å²) in [6.45, 7) is 3.98. The van der Waals surface area contributed by atoms with Crippen LogP contribution in [0.5, 0.6) is 17.2 Å². The number of fused-ring (bicyclic) bond motifs is 1. The van der Waals surface area contributed by atoms with Gasteiger partial charge in [-0.15, -0.1) is 0 Å². The van der Waals surface area contributed by atoms with E-state index in [1.165, 1.54) is 6.21 Å². The van der Waals surface area contributed by atoms with Gasteiger partial charge in [-0.1, -0.05) is 24.3 Å². The molecule has 0 saturated carbocycles. The van der Waals surface area contributed by atoms with Gasteiger partial charge in [0, 0.05) is 17.8 Å². The van der Waals surface area contributed by atoms with E-state index in [1.807, 2.05) is 32.0 Å². The van der Waals surface area contributed by atoms with Gasteiger partial charge in [0.05, 0.1) is 6.21 Å². The monoisotopic (exact) mass is 502 g/mol. The van der Waals surface area contributed by atoms with Crippen LogP contribution < -0.4 is 30.3 Å². The molecular formula is C27H26N4O6. The molecule has 0 saturated heterocycles. The quantitative estimate of drug-likeness (QED) is 0.247. The first kappa shape index (κ1) is 25.2. The SMILES string of the molecule is Cc1cc(C)cc(NC(=O)COc2ccccc2/C=N\NC(=O)C(=O)NCc2ccc3c(c2)OCO3)c1. The highest BCUT2D eigenvalue weighted by molar-refractivity contribution is 6.35. The molecule has 3 aromatic rings. The maximum Gasteiger partial charge on any atom is 0.329 e. The number of carbonyl (C=O) groups is 3. The Hall–Kier alpha value is -4.86. The number of hydrogen-bond donors (Lipinski definition) is 3. The molecule has 3 N–H and O–H groups in total. The van der Waals surface area contributed by atoms with Crippen molar-refractivity contribution in [3.05, 3.63) is 82.9 Å². The number of carbonyl (C=O) groups excluding carboxylic acids is 3. The number of hydrazone groups is 1.